The highest BCUT2D eigenvalue weighted by Crippen LogP contribution is 2.23. The van der Waals surface area contributed by atoms with Crippen LogP contribution in [0.25, 0.3) is 0 Å². The van der Waals surface area contributed by atoms with Crippen LogP contribution >= 0.6 is 0 Å². The molecule has 24 heavy (non-hydrogen) atoms. The van der Waals surface area contributed by atoms with Crippen molar-refractivity contribution in [2.45, 2.75) is 37.3 Å². The zero-order valence-corrected chi connectivity index (χ0v) is 13.7. The second-order valence-corrected chi connectivity index (χ2v) is 7.08. The van der Waals surface area contributed by atoms with Crippen molar-refractivity contribution in [3.05, 3.63) is 11.8 Å². The van der Waals surface area contributed by atoms with Crippen LogP contribution in [0, 0.1) is 0 Å². The molecule has 0 aromatic rings. The van der Waals surface area contributed by atoms with Gasteiger partial charge in [-0.25, -0.2) is 17.9 Å². The van der Waals surface area contributed by atoms with E-state index in [-0.39, 0.29) is 0 Å². The van der Waals surface area contributed by atoms with Gasteiger partial charge >= 0.3 is 5.97 Å². The monoisotopic (exact) mass is 368 g/mol. The van der Waals surface area contributed by atoms with Crippen LogP contribution in [0.1, 0.15) is 6.92 Å². The smallest absolute Gasteiger partial charge is 0.370 e. The van der Waals surface area contributed by atoms with Crippen molar-refractivity contribution < 1.29 is 43.2 Å². The molecule has 1 rings (SSSR count). The molecule has 12 heteroatoms. The molecule has 11 nitrogen and oxygen atoms in total. The van der Waals surface area contributed by atoms with Crippen molar-refractivity contribution in [2.24, 2.45) is 0 Å². The highest BCUT2D eigenvalue weighted by Gasteiger charge is 2.44. The topological polar surface area (TPSA) is 182 Å². The van der Waals surface area contributed by atoms with Crippen LogP contribution in [-0.2, 0) is 24.3 Å². The molecule has 0 saturated carbocycles. The largest absolute Gasteiger partial charge is 0.478 e. The number of aliphatic hydroxyl groups excluding tert-OH is 3. The Morgan fingerprint density at radius 2 is 1.96 bits per heavy atom. The minimum Gasteiger partial charge on any atom is -0.478 e. The summed E-state index contributed by atoms with van der Waals surface area (Å²) in [4.78, 5) is 22.5. The van der Waals surface area contributed by atoms with Gasteiger partial charge in [0, 0.05) is 6.92 Å². The van der Waals surface area contributed by atoms with Crippen molar-refractivity contribution >= 4 is 21.9 Å². The minimum atomic E-state index is -3.80. The van der Waals surface area contributed by atoms with E-state index in [1.54, 1.807) is 0 Å². The maximum absolute atomic E-state index is 11.5. The lowest BCUT2D eigenvalue weighted by atomic mass is 9.92. The number of nitrogens with one attached hydrogen (secondary N) is 2. The van der Waals surface area contributed by atoms with Gasteiger partial charge < -0.3 is 30.5 Å². The Balaban J connectivity index is 3.30. The molecule has 1 unspecified atom stereocenters. The van der Waals surface area contributed by atoms with Crippen molar-refractivity contribution in [3.8, 4) is 0 Å². The first kappa shape index (κ1) is 20.3. The van der Waals surface area contributed by atoms with Gasteiger partial charge in [0.2, 0.25) is 21.7 Å². The highest BCUT2D eigenvalue weighted by molar-refractivity contribution is 7.88. The molecule has 0 saturated heterocycles. The molecular weight excluding hydrogens is 348 g/mol. The lowest BCUT2D eigenvalue weighted by molar-refractivity contribution is -0.146. The predicted octanol–water partition coefficient (Wildman–Crippen LogP) is -3.51. The number of carboxylic acids is 1. The second kappa shape index (κ2) is 7.90. The number of carbonyl (C=O) groups excluding carboxylic acids is 1. The number of amides is 1. The summed E-state index contributed by atoms with van der Waals surface area (Å²) in [6.07, 6.45) is -3.25. The van der Waals surface area contributed by atoms with Gasteiger partial charge in [-0.2, -0.15) is 0 Å². The fraction of sp³-hybridized carbons (Fsp3) is 0.667. The third-order valence-corrected chi connectivity index (χ3v) is 3.88. The molecular formula is C12H20N2O9S. The van der Waals surface area contributed by atoms with E-state index in [2.05, 4.69) is 10.0 Å². The Morgan fingerprint density at radius 1 is 1.38 bits per heavy atom. The lowest BCUT2D eigenvalue weighted by Crippen LogP contribution is -2.63. The zero-order valence-electron chi connectivity index (χ0n) is 12.9. The third-order valence-electron chi connectivity index (χ3n) is 3.18. The van der Waals surface area contributed by atoms with Crippen LogP contribution in [0.5, 0.6) is 0 Å². The summed E-state index contributed by atoms with van der Waals surface area (Å²) in [6, 6.07) is -2.48. The number of hydrogen-bond donors (Lipinski definition) is 6. The van der Waals surface area contributed by atoms with Gasteiger partial charge in [0.1, 0.15) is 18.3 Å². The quantitative estimate of drug-likeness (QED) is 0.265. The van der Waals surface area contributed by atoms with E-state index in [0.29, 0.717) is 0 Å². The Labute approximate surface area is 138 Å². The summed E-state index contributed by atoms with van der Waals surface area (Å²) in [5.41, 5.74) is 0. The van der Waals surface area contributed by atoms with Crippen LogP contribution in [-0.4, -0.2) is 84.0 Å². The summed E-state index contributed by atoms with van der Waals surface area (Å²) in [5.74, 6) is -2.81. The van der Waals surface area contributed by atoms with E-state index >= 15 is 0 Å². The molecule has 6 N–H and O–H groups in total. The fourth-order valence-corrected chi connectivity index (χ4v) is 2.93. The van der Waals surface area contributed by atoms with E-state index in [1.807, 2.05) is 0 Å². The summed E-state index contributed by atoms with van der Waals surface area (Å²) in [7, 11) is -3.80. The highest BCUT2D eigenvalue weighted by atomic mass is 32.2. The molecule has 1 aliphatic heterocycles. The van der Waals surface area contributed by atoms with E-state index in [9.17, 15) is 28.2 Å². The van der Waals surface area contributed by atoms with Crippen LogP contribution in [0.4, 0.5) is 0 Å². The number of hydrogen-bond acceptors (Lipinski definition) is 8. The number of aliphatic hydroxyl groups is 3. The lowest BCUT2D eigenvalue weighted by Gasteiger charge is -2.39. The second-order valence-electron chi connectivity index (χ2n) is 5.30. The van der Waals surface area contributed by atoms with Gasteiger partial charge in [-0.1, -0.05) is 0 Å². The van der Waals surface area contributed by atoms with Crippen LogP contribution in [0.2, 0.25) is 0 Å². The number of aliphatic carboxylic acids is 1. The number of carbonyl (C=O) groups is 2. The first-order valence-electron chi connectivity index (χ1n) is 6.79. The van der Waals surface area contributed by atoms with E-state index in [1.165, 1.54) is 0 Å². The number of carboxylic acid groups (broad SMARTS) is 1. The minimum absolute atomic E-state index is 0.605. The first-order chi connectivity index (χ1) is 11.0. The van der Waals surface area contributed by atoms with Crippen molar-refractivity contribution in [1.82, 2.24) is 10.0 Å². The molecule has 5 atom stereocenters. The van der Waals surface area contributed by atoms with Gasteiger partial charge in [0.05, 0.1) is 24.9 Å². The Kier molecular flexibility index (Phi) is 6.68. The first-order valence-corrected chi connectivity index (χ1v) is 8.68. The van der Waals surface area contributed by atoms with Crippen molar-refractivity contribution in [2.75, 3.05) is 12.9 Å². The third kappa shape index (κ3) is 5.42. The molecule has 0 spiro atoms. The Morgan fingerprint density at radius 3 is 2.38 bits per heavy atom. The summed E-state index contributed by atoms with van der Waals surface area (Å²) >= 11 is 0. The molecule has 1 aliphatic rings. The molecule has 0 aromatic heterocycles. The van der Waals surface area contributed by atoms with E-state index in [4.69, 9.17) is 14.9 Å². The average Bonchev–Trinajstić information content (AvgIpc) is 2.44. The van der Waals surface area contributed by atoms with E-state index in [0.717, 1.165) is 19.3 Å². The van der Waals surface area contributed by atoms with Gasteiger partial charge in [0.15, 0.2) is 0 Å². The summed E-state index contributed by atoms with van der Waals surface area (Å²) in [5, 5.41) is 40.0. The average molecular weight is 368 g/mol. The summed E-state index contributed by atoms with van der Waals surface area (Å²) in [6.45, 7) is 0.268. The maximum Gasteiger partial charge on any atom is 0.370 e. The number of ether oxygens (including phenoxy) is 1. The van der Waals surface area contributed by atoms with Gasteiger partial charge in [0.25, 0.3) is 0 Å². The van der Waals surface area contributed by atoms with Crippen LogP contribution in [0.15, 0.2) is 11.8 Å². The predicted molar refractivity (Wildman–Crippen MR) is 79.1 cm³/mol. The Bertz CT molecular complexity index is 618. The van der Waals surface area contributed by atoms with Crippen LogP contribution < -0.4 is 10.0 Å². The number of rotatable bonds is 7. The molecule has 138 valence electrons. The molecule has 1 amide bonds. The molecule has 0 radical (unpaired) electrons. The molecule has 1 heterocycles. The van der Waals surface area contributed by atoms with E-state index < -0.39 is 64.7 Å². The zero-order chi connectivity index (χ0) is 18.7. The fourth-order valence-electron chi connectivity index (χ4n) is 2.22. The molecule has 0 aliphatic carbocycles. The molecule has 0 bridgehead atoms. The normalized spacial score (nSPS) is 26.7. The SMILES string of the molecule is CC(=O)N[C@H]1[C@H]([C@H](O)C(O)CO)OC(C(=O)O)=C[C@H]1NS(C)(=O)=O. The number of sulfonamides is 1. The standard InChI is InChI=1S/C12H20N2O9S/c1-5(16)13-9-6(14-24(2,21)22)3-8(12(19)20)23-11(9)10(18)7(17)4-15/h3,6-7,9-11,14-15,17-18H,4H2,1-2H3,(H,13,16)(H,19,20)/t6-,7?,9-,10-,11-/m1/s1. The van der Waals surface area contributed by atoms with Crippen molar-refractivity contribution in [3.63, 3.8) is 0 Å². The van der Waals surface area contributed by atoms with Crippen molar-refractivity contribution in [1.29, 1.82) is 0 Å². The van der Waals surface area contributed by atoms with Gasteiger partial charge in [-0.05, 0) is 6.08 Å². The van der Waals surface area contributed by atoms with Crippen LogP contribution in [0.3, 0.4) is 0 Å². The molecule has 0 aromatic carbocycles. The summed E-state index contributed by atoms with van der Waals surface area (Å²) < 4.78 is 30.2. The van der Waals surface area contributed by atoms with Gasteiger partial charge in [-0.3, -0.25) is 4.79 Å². The Hall–Kier alpha value is -1.73. The maximum atomic E-state index is 11.5. The van der Waals surface area contributed by atoms with Gasteiger partial charge in [-0.15, -0.1) is 0 Å². The molecule has 0 fully saturated rings.